The summed E-state index contributed by atoms with van der Waals surface area (Å²) < 4.78 is 54.0. The van der Waals surface area contributed by atoms with Crippen LogP contribution in [0.1, 0.15) is 5.56 Å². The van der Waals surface area contributed by atoms with Crippen molar-refractivity contribution in [3.8, 4) is 5.69 Å². The van der Waals surface area contributed by atoms with Crippen LogP contribution < -0.4 is 11.2 Å². The zero-order valence-electron chi connectivity index (χ0n) is 13.5. The lowest BCUT2D eigenvalue weighted by atomic mass is 10.1. The number of para-hydroxylation sites is 1. The van der Waals surface area contributed by atoms with Crippen LogP contribution >= 0.6 is 0 Å². The smallest absolute Gasteiger partial charge is 0.416 e. The van der Waals surface area contributed by atoms with Gasteiger partial charge in [0.1, 0.15) is 11.2 Å². The summed E-state index contributed by atoms with van der Waals surface area (Å²) in [7, 11) is 0. The van der Waals surface area contributed by atoms with Gasteiger partial charge >= 0.3 is 11.9 Å². The third-order valence-corrected chi connectivity index (χ3v) is 5.84. The Morgan fingerprint density at radius 1 is 1.11 bits per heavy atom. The van der Waals surface area contributed by atoms with Crippen LogP contribution in [0.25, 0.3) is 16.6 Å². The molecule has 2 heterocycles. The highest BCUT2D eigenvalue weighted by atomic mass is 32.2. The average molecular weight is 396 g/mol. The van der Waals surface area contributed by atoms with E-state index in [0.29, 0.717) is 0 Å². The van der Waals surface area contributed by atoms with E-state index in [1.807, 2.05) is 0 Å². The SMILES string of the molecule is O=c1c2cccc3c2n(c(=O)n1CCO)-c1cc(C(F)(F)F)ccc1[S+]3[O-]. The van der Waals surface area contributed by atoms with Crippen LogP contribution in [0, 0.1) is 0 Å². The second-order valence-corrected chi connectivity index (χ2v) is 7.32. The molecule has 0 aliphatic carbocycles. The van der Waals surface area contributed by atoms with Gasteiger partial charge < -0.3 is 9.66 Å². The molecule has 0 saturated carbocycles. The second kappa shape index (κ2) is 5.98. The number of benzene rings is 2. The molecule has 0 saturated heterocycles. The molecular formula is C17H11F3N2O4S. The Balaban J connectivity index is 2.21. The normalized spacial score (nSPS) is 15.8. The highest BCUT2D eigenvalue weighted by molar-refractivity contribution is 7.92. The maximum absolute atomic E-state index is 13.2. The Hall–Kier alpha value is -2.56. The van der Waals surface area contributed by atoms with Crippen LogP contribution in [-0.4, -0.2) is 25.4 Å². The lowest BCUT2D eigenvalue weighted by molar-refractivity contribution is -0.137. The molecule has 1 aliphatic heterocycles. The van der Waals surface area contributed by atoms with Crippen molar-refractivity contribution in [3.63, 3.8) is 0 Å². The highest BCUT2D eigenvalue weighted by Gasteiger charge is 2.37. The first kappa shape index (κ1) is 17.8. The molecule has 140 valence electrons. The van der Waals surface area contributed by atoms with E-state index < -0.39 is 40.8 Å². The molecule has 0 fully saturated rings. The minimum atomic E-state index is -4.66. The fourth-order valence-electron chi connectivity index (χ4n) is 3.19. The number of alkyl halides is 3. The number of nitrogens with zero attached hydrogens (tertiary/aromatic N) is 2. The van der Waals surface area contributed by atoms with Crippen LogP contribution in [0.5, 0.6) is 0 Å². The predicted molar refractivity (Wildman–Crippen MR) is 90.6 cm³/mol. The number of halogens is 3. The summed E-state index contributed by atoms with van der Waals surface area (Å²) in [6.07, 6.45) is -4.66. The molecule has 1 N–H and O–H groups in total. The van der Waals surface area contributed by atoms with Crippen molar-refractivity contribution in [1.29, 1.82) is 0 Å². The van der Waals surface area contributed by atoms with E-state index in [1.165, 1.54) is 18.2 Å². The molecule has 1 unspecified atom stereocenters. The lowest BCUT2D eigenvalue weighted by Gasteiger charge is -2.24. The van der Waals surface area contributed by atoms with E-state index in [9.17, 15) is 27.3 Å². The summed E-state index contributed by atoms with van der Waals surface area (Å²) >= 11 is -1.85. The molecule has 0 radical (unpaired) electrons. The van der Waals surface area contributed by atoms with Crippen molar-refractivity contribution in [1.82, 2.24) is 9.13 Å². The minimum Gasteiger partial charge on any atom is -0.606 e. The maximum atomic E-state index is 13.2. The number of hydrogen-bond acceptors (Lipinski definition) is 4. The summed E-state index contributed by atoms with van der Waals surface area (Å²) in [6.45, 7) is -0.809. The number of fused-ring (bicyclic) bond motifs is 2. The molecule has 1 aromatic heterocycles. The van der Waals surface area contributed by atoms with E-state index in [2.05, 4.69) is 0 Å². The Labute approximate surface area is 152 Å². The summed E-state index contributed by atoms with van der Waals surface area (Å²) in [5.41, 5.74) is -2.77. The summed E-state index contributed by atoms with van der Waals surface area (Å²) in [5.74, 6) is 0. The van der Waals surface area contributed by atoms with Crippen molar-refractivity contribution >= 4 is 22.1 Å². The van der Waals surface area contributed by atoms with Gasteiger partial charge in [-0.3, -0.25) is 13.9 Å². The molecule has 4 rings (SSSR count). The van der Waals surface area contributed by atoms with Crippen LogP contribution in [0.2, 0.25) is 0 Å². The van der Waals surface area contributed by atoms with Crippen molar-refractivity contribution in [2.45, 2.75) is 22.5 Å². The molecular weight excluding hydrogens is 385 g/mol. The Morgan fingerprint density at radius 3 is 2.52 bits per heavy atom. The number of aliphatic hydroxyl groups excluding tert-OH is 1. The molecule has 1 atom stereocenters. The Bertz CT molecular complexity index is 1200. The zero-order chi connectivity index (χ0) is 19.5. The van der Waals surface area contributed by atoms with Crippen LogP contribution in [0.3, 0.4) is 0 Å². The number of aromatic nitrogens is 2. The monoisotopic (exact) mass is 396 g/mol. The second-order valence-electron chi connectivity index (χ2n) is 5.90. The van der Waals surface area contributed by atoms with Crippen LogP contribution in [-0.2, 0) is 23.9 Å². The van der Waals surface area contributed by atoms with Gasteiger partial charge in [0.2, 0.25) is 0 Å². The van der Waals surface area contributed by atoms with Crippen molar-refractivity contribution in [3.05, 3.63) is 62.8 Å². The van der Waals surface area contributed by atoms with Gasteiger partial charge in [0, 0.05) is 11.2 Å². The Kier molecular flexibility index (Phi) is 3.95. The van der Waals surface area contributed by atoms with Gasteiger partial charge in [-0.15, -0.1) is 0 Å². The molecule has 0 amide bonds. The third-order valence-electron chi connectivity index (χ3n) is 4.37. The van der Waals surface area contributed by atoms with Crippen molar-refractivity contribution in [2.24, 2.45) is 0 Å². The Morgan fingerprint density at radius 2 is 1.85 bits per heavy atom. The predicted octanol–water partition coefficient (Wildman–Crippen LogP) is 1.64. The first-order chi connectivity index (χ1) is 12.8. The lowest BCUT2D eigenvalue weighted by Crippen LogP contribution is -2.42. The first-order valence-electron chi connectivity index (χ1n) is 7.78. The van der Waals surface area contributed by atoms with Gasteiger partial charge in [0.05, 0.1) is 24.1 Å². The van der Waals surface area contributed by atoms with Crippen LogP contribution in [0.15, 0.2) is 55.8 Å². The molecule has 10 heteroatoms. The van der Waals surface area contributed by atoms with Gasteiger partial charge in [-0.2, -0.15) is 13.2 Å². The van der Waals surface area contributed by atoms with Gasteiger partial charge in [-0.05, 0) is 30.3 Å². The molecule has 6 nitrogen and oxygen atoms in total. The fourth-order valence-corrected chi connectivity index (χ4v) is 4.54. The topological polar surface area (TPSA) is 87.3 Å². The highest BCUT2D eigenvalue weighted by Crippen LogP contribution is 2.39. The zero-order valence-corrected chi connectivity index (χ0v) is 14.3. The quantitative estimate of drug-likeness (QED) is 0.668. The minimum absolute atomic E-state index is 0.0202. The molecule has 27 heavy (non-hydrogen) atoms. The molecule has 3 aromatic rings. The third kappa shape index (κ3) is 2.52. The van der Waals surface area contributed by atoms with E-state index in [1.54, 1.807) is 0 Å². The number of aliphatic hydroxyl groups is 1. The van der Waals surface area contributed by atoms with Crippen LogP contribution in [0.4, 0.5) is 13.2 Å². The fraction of sp³-hybridized carbons (Fsp3) is 0.176. The maximum Gasteiger partial charge on any atom is 0.416 e. The van der Waals surface area contributed by atoms with E-state index in [0.717, 1.165) is 27.3 Å². The average Bonchev–Trinajstić information content (AvgIpc) is 2.63. The van der Waals surface area contributed by atoms with Crippen molar-refractivity contribution < 1.29 is 22.8 Å². The number of hydrogen-bond donors (Lipinski definition) is 1. The molecule has 0 bridgehead atoms. The summed E-state index contributed by atoms with van der Waals surface area (Å²) in [4.78, 5) is 25.7. The standard InChI is InChI=1S/C17H11F3N2O4S/c18-17(19,20)9-4-5-12-11(8-9)22-14-10(2-1-3-13(14)27(12)26)15(24)21(6-7-23)16(22)25/h1-5,8,23H,6-7H2. The van der Waals surface area contributed by atoms with Gasteiger partial charge in [0.15, 0.2) is 9.79 Å². The van der Waals surface area contributed by atoms with E-state index in [-0.39, 0.29) is 32.9 Å². The summed E-state index contributed by atoms with van der Waals surface area (Å²) in [6, 6.07) is 6.98. The molecule has 0 spiro atoms. The van der Waals surface area contributed by atoms with Gasteiger partial charge in [-0.1, -0.05) is 6.07 Å². The van der Waals surface area contributed by atoms with E-state index >= 15 is 0 Å². The van der Waals surface area contributed by atoms with Gasteiger partial charge in [-0.25, -0.2) is 4.79 Å². The van der Waals surface area contributed by atoms with Gasteiger partial charge in [0.25, 0.3) is 5.56 Å². The molecule has 2 aromatic carbocycles. The van der Waals surface area contributed by atoms with Crippen molar-refractivity contribution in [2.75, 3.05) is 6.61 Å². The summed E-state index contributed by atoms with van der Waals surface area (Å²) in [5, 5.41) is 9.19. The first-order valence-corrected chi connectivity index (χ1v) is 8.93. The largest absolute Gasteiger partial charge is 0.606 e. The number of rotatable bonds is 2. The van der Waals surface area contributed by atoms with E-state index in [4.69, 9.17) is 5.11 Å². The molecule has 1 aliphatic rings.